The minimum atomic E-state index is -0.919. The Bertz CT molecular complexity index is 375. The lowest BCUT2D eigenvalue weighted by Crippen LogP contribution is -2.54. The Morgan fingerprint density at radius 1 is 1.35 bits per heavy atom. The van der Waals surface area contributed by atoms with Crippen LogP contribution in [-0.2, 0) is 9.53 Å². The molecule has 3 atom stereocenters. The van der Waals surface area contributed by atoms with Crippen molar-refractivity contribution in [3.05, 3.63) is 0 Å². The normalized spacial score (nSPS) is 30.6. The van der Waals surface area contributed by atoms with Gasteiger partial charge in [-0.1, -0.05) is 0 Å². The fourth-order valence-electron chi connectivity index (χ4n) is 2.75. The summed E-state index contributed by atoms with van der Waals surface area (Å²) < 4.78 is 5.16. The Labute approximate surface area is 118 Å². The number of nitrogens with one attached hydrogen (secondary N) is 1. The number of hydrogen-bond acceptors (Lipinski definition) is 4. The molecule has 0 bridgehead atoms. The summed E-state index contributed by atoms with van der Waals surface area (Å²) in [6, 6.07) is -0.248. The van der Waals surface area contributed by atoms with Crippen molar-refractivity contribution in [3.8, 4) is 0 Å². The highest BCUT2D eigenvalue weighted by Crippen LogP contribution is 2.17. The van der Waals surface area contributed by atoms with Gasteiger partial charge < -0.3 is 25.0 Å². The maximum Gasteiger partial charge on any atom is 0.317 e. The van der Waals surface area contributed by atoms with Crippen molar-refractivity contribution in [1.82, 2.24) is 15.1 Å². The van der Waals surface area contributed by atoms with Gasteiger partial charge in [0, 0.05) is 19.1 Å². The first kappa shape index (κ1) is 15.1. The molecule has 2 aliphatic rings. The number of rotatable bonds is 3. The monoisotopic (exact) mass is 285 g/mol. The topological polar surface area (TPSA) is 82.1 Å². The molecular weight excluding hydrogens is 262 g/mol. The van der Waals surface area contributed by atoms with Gasteiger partial charge in [-0.2, -0.15) is 0 Å². The first-order chi connectivity index (χ1) is 9.49. The molecule has 7 nitrogen and oxygen atoms in total. The quantitative estimate of drug-likeness (QED) is 0.752. The summed E-state index contributed by atoms with van der Waals surface area (Å²) in [5.41, 5.74) is 0. The third-order valence-electron chi connectivity index (χ3n) is 4.12. The summed E-state index contributed by atoms with van der Waals surface area (Å²) in [5.74, 6) is -1.56. The van der Waals surface area contributed by atoms with Gasteiger partial charge in [0.15, 0.2) is 0 Å². The van der Waals surface area contributed by atoms with Crippen molar-refractivity contribution in [2.45, 2.75) is 24.9 Å². The van der Waals surface area contributed by atoms with Crippen LogP contribution in [0, 0.1) is 5.92 Å². The van der Waals surface area contributed by atoms with Crippen molar-refractivity contribution in [2.24, 2.45) is 5.92 Å². The molecule has 0 aromatic heterocycles. The summed E-state index contributed by atoms with van der Waals surface area (Å²) >= 11 is 0. The molecular formula is C13H23N3O4. The first-order valence-corrected chi connectivity index (χ1v) is 7.01. The second kappa shape index (κ2) is 6.41. The summed E-state index contributed by atoms with van der Waals surface area (Å²) in [5, 5.41) is 11.9. The van der Waals surface area contributed by atoms with Gasteiger partial charge in [0.25, 0.3) is 0 Å². The van der Waals surface area contributed by atoms with E-state index in [9.17, 15) is 9.59 Å². The number of likely N-dealkylation sites (tertiary alicyclic amines) is 1. The van der Waals surface area contributed by atoms with Gasteiger partial charge in [-0.3, -0.25) is 4.79 Å². The number of carboxylic acid groups (broad SMARTS) is 1. The molecule has 0 aliphatic carbocycles. The number of likely N-dealkylation sites (N-methyl/N-ethyl adjacent to an activating group) is 1. The minimum Gasteiger partial charge on any atom is -0.481 e. The van der Waals surface area contributed by atoms with Gasteiger partial charge in [-0.25, -0.2) is 4.79 Å². The van der Waals surface area contributed by atoms with Crippen molar-refractivity contribution in [3.63, 3.8) is 0 Å². The maximum atomic E-state index is 12.2. The molecule has 7 heteroatoms. The van der Waals surface area contributed by atoms with Gasteiger partial charge in [0.1, 0.15) is 5.92 Å². The molecule has 0 aromatic rings. The first-order valence-electron chi connectivity index (χ1n) is 7.01. The highest BCUT2D eigenvalue weighted by atomic mass is 16.5. The molecule has 2 fully saturated rings. The molecule has 0 spiro atoms. The number of urea groups is 1. The molecule has 20 heavy (non-hydrogen) atoms. The van der Waals surface area contributed by atoms with Crippen molar-refractivity contribution >= 4 is 12.0 Å². The Morgan fingerprint density at radius 2 is 2.10 bits per heavy atom. The van der Waals surface area contributed by atoms with E-state index < -0.39 is 17.9 Å². The van der Waals surface area contributed by atoms with Crippen molar-refractivity contribution in [2.75, 3.05) is 40.4 Å². The standard InChI is InChI=1S/C13H23N3O4/c1-15(2)9-4-3-5-16(6-9)13(19)14-11-8-20-7-10(11)12(17)18/h9-11H,3-8H2,1-2H3,(H,14,19)(H,17,18). The largest absolute Gasteiger partial charge is 0.481 e. The molecule has 0 aromatic carbocycles. The lowest BCUT2D eigenvalue weighted by molar-refractivity contribution is -0.142. The van der Waals surface area contributed by atoms with Crippen LogP contribution in [-0.4, -0.2) is 79.4 Å². The zero-order valence-corrected chi connectivity index (χ0v) is 12.0. The SMILES string of the molecule is CN(C)C1CCCN(C(=O)NC2COCC2C(=O)O)C1. The number of aliphatic carboxylic acids is 1. The molecule has 2 heterocycles. The molecule has 3 unspecified atom stereocenters. The average molecular weight is 285 g/mol. The van der Waals surface area contributed by atoms with E-state index in [4.69, 9.17) is 9.84 Å². The number of carbonyl (C=O) groups excluding carboxylic acids is 1. The van der Waals surface area contributed by atoms with Gasteiger partial charge in [-0.15, -0.1) is 0 Å². The second-order valence-corrected chi connectivity index (χ2v) is 5.74. The van der Waals surface area contributed by atoms with Crippen LogP contribution in [0.2, 0.25) is 0 Å². The van der Waals surface area contributed by atoms with Crippen molar-refractivity contribution in [1.29, 1.82) is 0 Å². The molecule has 2 saturated heterocycles. The summed E-state index contributed by atoms with van der Waals surface area (Å²) in [6.07, 6.45) is 2.06. The van der Waals surface area contributed by atoms with Crippen LogP contribution >= 0.6 is 0 Å². The van der Waals surface area contributed by atoms with Gasteiger partial charge in [0.05, 0.1) is 19.3 Å². The smallest absolute Gasteiger partial charge is 0.317 e. The summed E-state index contributed by atoms with van der Waals surface area (Å²) in [7, 11) is 4.02. The third-order valence-corrected chi connectivity index (χ3v) is 4.12. The highest BCUT2D eigenvalue weighted by Gasteiger charge is 2.36. The lowest BCUT2D eigenvalue weighted by atomic mass is 10.0. The number of piperidine rings is 1. The number of nitrogens with zero attached hydrogens (tertiary/aromatic N) is 2. The average Bonchev–Trinajstić information content (AvgIpc) is 2.87. The summed E-state index contributed by atoms with van der Waals surface area (Å²) in [6.45, 7) is 1.85. The highest BCUT2D eigenvalue weighted by molar-refractivity contribution is 5.77. The minimum absolute atomic E-state index is 0.167. The number of hydrogen-bond donors (Lipinski definition) is 2. The molecule has 2 aliphatic heterocycles. The van der Waals surface area contributed by atoms with Crippen LogP contribution in [0.15, 0.2) is 0 Å². The van der Waals surface area contributed by atoms with E-state index in [1.165, 1.54) is 0 Å². The zero-order chi connectivity index (χ0) is 14.7. The van der Waals surface area contributed by atoms with Gasteiger partial charge in [0.2, 0.25) is 0 Å². The molecule has 2 amide bonds. The van der Waals surface area contributed by atoms with E-state index in [-0.39, 0.29) is 19.2 Å². The van der Waals surface area contributed by atoms with Crippen LogP contribution in [0.4, 0.5) is 4.79 Å². The van der Waals surface area contributed by atoms with Crippen LogP contribution < -0.4 is 5.32 Å². The molecule has 114 valence electrons. The lowest BCUT2D eigenvalue weighted by Gasteiger charge is -2.36. The second-order valence-electron chi connectivity index (χ2n) is 5.74. The van der Waals surface area contributed by atoms with Crippen LogP contribution in [0.5, 0.6) is 0 Å². The number of carboxylic acids is 1. The summed E-state index contributed by atoms with van der Waals surface area (Å²) in [4.78, 5) is 27.2. The molecule has 2 rings (SSSR count). The molecule has 0 radical (unpaired) electrons. The Kier molecular flexibility index (Phi) is 4.82. The van der Waals surface area contributed by atoms with E-state index in [2.05, 4.69) is 10.2 Å². The van der Waals surface area contributed by atoms with E-state index in [0.29, 0.717) is 12.6 Å². The van der Waals surface area contributed by atoms with Crippen LogP contribution in [0.3, 0.4) is 0 Å². The van der Waals surface area contributed by atoms with E-state index in [0.717, 1.165) is 19.4 Å². The number of ether oxygens (including phenoxy) is 1. The van der Waals surface area contributed by atoms with Gasteiger partial charge >= 0.3 is 12.0 Å². The zero-order valence-electron chi connectivity index (χ0n) is 12.0. The van der Waals surface area contributed by atoms with Gasteiger partial charge in [-0.05, 0) is 26.9 Å². The van der Waals surface area contributed by atoms with E-state index in [1.807, 2.05) is 14.1 Å². The number of amides is 2. The van der Waals surface area contributed by atoms with E-state index in [1.54, 1.807) is 4.90 Å². The van der Waals surface area contributed by atoms with E-state index >= 15 is 0 Å². The fraction of sp³-hybridized carbons (Fsp3) is 0.846. The fourth-order valence-corrected chi connectivity index (χ4v) is 2.75. The Balaban J connectivity index is 1.89. The predicted octanol–water partition coefficient (Wildman–Crippen LogP) is -0.178. The van der Waals surface area contributed by atoms with Crippen LogP contribution in [0.25, 0.3) is 0 Å². The Hall–Kier alpha value is -1.34. The third kappa shape index (κ3) is 3.40. The van der Waals surface area contributed by atoms with Crippen LogP contribution in [0.1, 0.15) is 12.8 Å². The molecule has 2 N–H and O–H groups in total. The molecule has 0 saturated carbocycles. The Morgan fingerprint density at radius 3 is 2.75 bits per heavy atom. The van der Waals surface area contributed by atoms with Crippen molar-refractivity contribution < 1.29 is 19.4 Å². The predicted molar refractivity (Wildman–Crippen MR) is 72.5 cm³/mol. The number of carbonyl (C=O) groups is 2. The maximum absolute atomic E-state index is 12.2.